The van der Waals surface area contributed by atoms with Gasteiger partial charge in [0.25, 0.3) is 0 Å². The minimum Gasteiger partial charge on any atom is -0.351 e. The van der Waals surface area contributed by atoms with Crippen molar-refractivity contribution in [2.45, 2.75) is 42.8 Å². The zero-order valence-corrected chi connectivity index (χ0v) is 22.7. The number of hydrogen-bond acceptors (Lipinski definition) is 8. The van der Waals surface area contributed by atoms with E-state index < -0.39 is 15.8 Å². The summed E-state index contributed by atoms with van der Waals surface area (Å²) in [7, 11) is -3.68. The molecule has 2 aromatic carbocycles. The Balaban J connectivity index is 1.17. The zero-order valence-electron chi connectivity index (χ0n) is 21.0. The van der Waals surface area contributed by atoms with Gasteiger partial charge in [0, 0.05) is 36.4 Å². The molecule has 2 unspecified atom stereocenters. The van der Waals surface area contributed by atoms with Gasteiger partial charge in [0.2, 0.25) is 16.0 Å². The fraction of sp³-hybridized carbons (Fsp3) is 0.296. The van der Waals surface area contributed by atoms with E-state index in [0.717, 1.165) is 33.5 Å². The summed E-state index contributed by atoms with van der Waals surface area (Å²) in [4.78, 5) is 17.5. The first-order chi connectivity index (χ1) is 18.8. The number of hydrogen-bond donors (Lipinski definition) is 1. The maximum atomic E-state index is 13.6. The van der Waals surface area contributed by atoms with Crippen molar-refractivity contribution in [1.82, 2.24) is 19.2 Å². The Morgan fingerprint density at radius 3 is 2.33 bits per heavy atom. The van der Waals surface area contributed by atoms with Crippen LogP contribution in [0.3, 0.4) is 0 Å². The van der Waals surface area contributed by atoms with E-state index in [-0.39, 0.29) is 28.8 Å². The second-order valence-corrected chi connectivity index (χ2v) is 12.8. The average molecular weight is 569 g/mol. The van der Waals surface area contributed by atoms with Gasteiger partial charge in [-0.1, -0.05) is 23.9 Å². The first-order valence-corrected chi connectivity index (χ1v) is 14.9. The van der Waals surface area contributed by atoms with Crippen molar-refractivity contribution in [3.63, 3.8) is 0 Å². The number of halogens is 2. The van der Waals surface area contributed by atoms with Crippen LogP contribution in [0.15, 0.2) is 81.8 Å². The van der Waals surface area contributed by atoms with Crippen LogP contribution in [0.4, 0.5) is 14.7 Å². The average Bonchev–Trinajstić information content (AvgIpc) is 3.46. The van der Waals surface area contributed by atoms with Crippen LogP contribution in [0.25, 0.3) is 0 Å². The number of piperidine rings is 1. The molecule has 6 rings (SSSR count). The SMILES string of the molecule is CC1=CN2C(=NC(c3ccc(F)cc3)C2c2ccnc(NC3CCN(S(=O)(=O)c4ccc(F)cc4)CC3)n2)S1. The number of fused-ring (bicyclic) bond motifs is 1. The summed E-state index contributed by atoms with van der Waals surface area (Å²) in [5.74, 6) is -0.305. The molecule has 0 saturated carbocycles. The third-order valence-corrected chi connectivity index (χ3v) is 9.91. The summed E-state index contributed by atoms with van der Waals surface area (Å²) in [5, 5.41) is 4.26. The number of rotatable bonds is 6. The maximum absolute atomic E-state index is 13.6. The van der Waals surface area contributed by atoms with Crippen molar-refractivity contribution >= 4 is 32.9 Å². The Hall–Kier alpha value is -3.35. The minimum atomic E-state index is -3.68. The lowest BCUT2D eigenvalue weighted by Crippen LogP contribution is -2.42. The molecule has 1 aromatic heterocycles. The summed E-state index contributed by atoms with van der Waals surface area (Å²) in [6.07, 6.45) is 4.92. The Kier molecular flexibility index (Phi) is 6.86. The van der Waals surface area contributed by atoms with Gasteiger partial charge in [0.1, 0.15) is 23.7 Å². The van der Waals surface area contributed by atoms with Gasteiger partial charge in [-0.25, -0.2) is 27.2 Å². The molecule has 2 atom stereocenters. The first-order valence-electron chi connectivity index (χ1n) is 12.6. The molecule has 3 aliphatic heterocycles. The molecule has 1 N–H and O–H groups in total. The molecule has 0 aliphatic carbocycles. The number of allylic oxidation sites excluding steroid dienone is 1. The summed E-state index contributed by atoms with van der Waals surface area (Å²) >= 11 is 1.60. The number of benzene rings is 2. The number of nitrogens with one attached hydrogen (secondary N) is 1. The summed E-state index contributed by atoms with van der Waals surface area (Å²) < 4.78 is 54.2. The van der Waals surface area contributed by atoms with Crippen LogP contribution in [0.5, 0.6) is 0 Å². The lowest BCUT2D eigenvalue weighted by Gasteiger charge is -2.32. The number of anilines is 1. The van der Waals surface area contributed by atoms with E-state index in [1.54, 1.807) is 30.1 Å². The predicted molar refractivity (Wildman–Crippen MR) is 146 cm³/mol. The molecule has 3 aliphatic rings. The van der Waals surface area contributed by atoms with Crippen LogP contribution in [-0.2, 0) is 10.0 Å². The maximum Gasteiger partial charge on any atom is 0.243 e. The molecule has 0 bridgehead atoms. The first kappa shape index (κ1) is 25.9. The third kappa shape index (κ3) is 5.15. The van der Waals surface area contributed by atoms with Gasteiger partial charge in [-0.2, -0.15) is 4.31 Å². The number of amidine groups is 1. The van der Waals surface area contributed by atoms with E-state index in [0.29, 0.717) is 31.9 Å². The van der Waals surface area contributed by atoms with E-state index >= 15 is 0 Å². The number of aromatic nitrogens is 2. The molecular weight excluding hydrogens is 542 g/mol. The standard InChI is InChI=1S/C27H26F2N6O2S2/c1-17-16-35-25(24(33-27(35)38-17)18-2-4-19(28)5-3-18)23-10-13-30-26(32-23)31-21-11-14-34(15-12-21)39(36,37)22-8-6-20(29)7-9-22/h2-10,13,16,21,24-25H,11-12,14-15H2,1H3,(H,30,31,32). The number of sulfonamides is 1. The van der Waals surface area contributed by atoms with Crippen LogP contribution in [0, 0.1) is 11.6 Å². The van der Waals surface area contributed by atoms with Gasteiger partial charge >= 0.3 is 0 Å². The molecule has 8 nitrogen and oxygen atoms in total. The van der Waals surface area contributed by atoms with Crippen LogP contribution in [0.1, 0.15) is 43.1 Å². The number of thioether (sulfide) groups is 1. The lowest BCUT2D eigenvalue weighted by atomic mass is 9.97. The number of nitrogens with zero attached hydrogens (tertiary/aromatic N) is 5. The molecule has 4 heterocycles. The monoisotopic (exact) mass is 568 g/mol. The van der Waals surface area contributed by atoms with Crippen LogP contribution in [0.2, 0.25) is 0 Å². The van der Waals surface area contributed by atoms with Crippen molar-refractivity contribution < 1.29 is 17.2 Å². The van der Waals surface area contributed by atoms with E-state index in [2.05, 4.69) is 21.4 Å². The van der Waals surface area contributed by atoms with E-state index in [4.69, 9.17) is 9.98 Å². The number of aliphatic imine (C=N–C) groups is 1. The van der Waals surface area contributed by atoms with Crippen LogP contribution < -0.4 is 5.32 Å². The highest BCUT2D eigenvalue weighted by Crippen LogP contribution is 2.48. The van der Waals surface area contributed by atoms with Gasteiger partial charge in [-0.15, -0.1) is 0 Å². The highest BCUT2D eigenvalue weighted by molar-refractivity contribution is 8.17. The molecule has 3 aromatic rings. The lowest BCUT2D eigenvalue weighted by molar-refractivity contribution is 0.329. The highest BCUT2D eigenvalue weighted by Gasteiger charge is 2.41. The highest BCUT2D eigenvalue weighted by atomic mass is 32.2. The van der Waals surface area contributed by atoms with Crippen molar-refractivity contribution in [3.05, 3.63) is 94.8 Å². The smallest absolute Gasteiger partial charge is 0.243 e. The molecule has 1 fully saturated rings. The summed E-state index contributed by atoms with van der Waals surface area (Å²) in [6, 6.07) is 12.7. The van der Waals surface area contributed by atoms with Crippen molar-refractivity contribution in [1.29, 1.82) is 0 Å². The van der Waals surface area contributed by atoms with Gasteiger partial charge in [0.05, 0.1) is 10.6 Å². The van der Waals surface area contributed by atoms with E-state index in [9.17, 15) is 17.2 Å². The van der Waals surface area contributed by atoms with Gasteiger partial charge in [-0.3, -0.25) is 4.99 Å². The molecule has 39 heavy (non-hydrogen) atoms. The molecular formula is C27H26F2N6O2S2. The molecule has 12 heteroatoms. The van der Waals surface area contributed by atoms with Gasteiger partial charge in [0.15, 0.2) is 5.17 Å². The Morgan fingerprint density at radius 1 is 0.974 bits per heavy atom. The summed E-state index contributed by atoms with van der Waals surface area (Å²) in [6.45, 7) is 2.70. The topological polar surface area (TPSA) is 90.8 Å². The minimum absolute atomic E-state index is 0.00677. The zero-order chi connectivity index (χ0) is 27.1. The fourth-order valence-electron chi connectivity index (χ4n) is 5.11. The largest absolute Gasteiger partial charge is 0.351 e. The predicted octanol–water partition coefficient (Wildman–Crippen LogP) is 5.08. The fourth-order valence-corrected chi connectivity index (χ4v) is 7.48. The van der Waals surface area contributed by atoms with Gasteiger partial charge < -0.3 is 10.2 Å². The molecule has 202 valence electrons. The van der Waals surface area contributed by atoms with Gasteiger partial charge in [-0.05, 0) is 67.8 Å². The molecule has 0 amide bonds. The third-order valence-electron chi connectivity index (χ3n) is 7.07. The Morgan fingerprint density at radius 2 is 1.64 bits per heavy atom. The van der Waals surface area contributed by atoms with Crippen molar-refractivity contribution in [2.75, 3.05) is 18.4 Å². The van der Waals surface area contributed by atoms with Crippen LogP contribution in [-0.4, -0.2) is 51.9 Å². The Bertz CT molecular complexity index is 1540. The van der Waals surface area contributed by atoms with Crippen molar-refractivity contribution in [2.24, 2.45) is 4.99 Å². The van der Waals surface area contributed by atoms with E-state index in [1.165, 1.54) is 28.6 Å². The summed E-state index contributed by atoms with van der Waals surface area (Å²) in [5.41, 5.74) is 1.68. The van der Waals surface area contributed by atoms with E-state index in [1.807, 2.05) is 13.0 Å². The second-order valence-electron chi connectivity index (χ2n) is 9.68. The molecule has 0 spiro atoms. The Labute approximate surface area is 229 Å². The second kappa shape index (κ2) is 10.3. The quantitative estimate of drug-likeness (QED) is 0.443. The van der Waals surface area contributed by atoms with Crippen molar-refractivity contribution in [3.8, 4) is 0 Å². The molecule has 0 radical (unpaired) electrons. The van der Waals surface area contributed by atoms with Crippen LogP contribution >= 0.6 is 11.8 Å². The normalized spacial score (nSPS) is 22.0. The molecule has 1 saturated heterocycles.